The van der Waals surface area contributed by atoms with Crippen LogP contribution >= 0.6 is 0 Å². The molecule has 2 aromatic carbocycles. The molecule has 2 atom stereocenters. The van der Waals surface area contributed by atoms with Gasteiger partial charge in [-0.15, -0.1) is 5.10 Å². The number of nitrogens with zero attached hydrogens (tertiary/aromatic N) is 6. The lowest BCUT2D eigenvalue weighted by Gasteiger charge is -2.29. The molecule has 0 saturated carbocycles. The van der Waals surface area contributed by atoms with Gasteiger partial charge in [-0.05, 0) is 48.7 Å². The molecule has 0 unspecified atom stereocenters. The molecule has 0 radical (unpaired) electrons. The van der Waals surface area contributed by atoms with E-state index in [1.165, 1.54) is 23.2 Å². The average Bonchev–Trinajstić information content (AvgIpc) is 3.69. The fraction of sp³-hybridized carbons (Fsp3) is 0.452. The van der Waals surface area contributed by atoms with E-state index in [4.69, 9.17) is 9.47 Å². The largest absolute Gasteiger partial charge is 0.493 e. The second-order valence-corrected chi connectivity index (χ2v) is 13.7. The number of nitrogens with one attached hydrogen (secondary N) is 1. The van der Waals surface area contributed by atoms with E-state index in [2.05, 4.69) is 15.6 Å². The average molecular weight is 652 g/mol. The first-order valence-electron chi connectivity index (χ1n) is 15.2. The van der Waals surface area contributed by atoms with E-state index in [1.54, 1.807) is 59.2 Å². The van der Waals surface area contributed by atoms with Crippen molar-refractivity contribution in [3.05, 3.63) is 59.4 Å². The van der Waals surface area contributed by atoms with Gasteiger partial charge >= 0.3 is 0 Å². The van der Waals surface area contributed by atoms with Crippen LogP contribution in [0, 0.1) is 5.92 Å². The monoisotopic (exact) mass is 651 g/mol. The van der Waals surface area contributed by atoms with E-state index in [1.807, 2.05) is 0 Å². The third-order valence-corrected chi connectivity index (χ3v) is 10.6. The van der Waals surface area contributed by atoms with Gasteiger partial charge in [0.25, 0.3) is 5.91 Å². The standard InChI is InChI=1S/C31H37N7O7S/c1-20(39)37-12-5-6-21-14-24(9-10-26(21)37)46(42,43)36-16-22-15-29(40)32-11-13-35(2)31(41)25-7-4-8-28(44-3)30(25)45-19-23-17-38(34-33-23)27(22)18-36/h4,7-10,14,17,22,27H,5-6,11-13,15-16,18-19H2,1-3H3,(H,32,40)/t22-,27+/m0/s1. The summed E-state index contributed by atoms with van der Waals surface area (Å²) in [6.07, 6.45) is 3.15. The Morgan fingerprint density at radius 1 is 1.13 bits per heavy atom. The number of aryl methyl sites for hydroxylation is 1. The summed E-state index contributed by atoms with van der Waals surface area (Å²) in [4.78, 5) is 41.9. The van der Waals surface area contributed by atoms with Gasteiger partial charge in [-0.3, -0.25) is 14.4 Å². The Balaban J connectivity index is 1.29. The Morgan fingerprint density at radius 2 is 1.96 bits per heavy atom. The number of rotatable bonds is 3. The highest BCUT2D eigenvalue weighted by Crippen LogP contribution is 2.37. The van der Waals surface area contributed by atoms with E-state index >= 15 is 0 Å². The summed E-state index contributed by atoms with van der Waals surface area (Å²) in [5.74, 6) is -0.392. The zero-order valence-electron chi connectivity index (χ0n) is 26.0. The molecule has 1 fully saturated rings. The fourth-order valence-electron chi connectivity index (χ4n) is 6.38. The number of carbonyl (C=O) groups is 3. The molecule has 3 aromatic rings. The summed E-state index contributed by atoms with van der Waals surface area (Å²) in [5.41, 5.74) is 2.31. The fourth-order valence-corrected chi connectivity index (χ4v) is 7.95. The number of likely N-dealkylation sites (N-methyl/N-ethyl adjacent to an activating group) is 1. The van der Waals surface area contributed by atoms with Crippen molar-refractivity contribution in [3.63, 3.8) is 0 Å². The van der Waals surface area contributed by atoms with Crippen molar-refractivity contribution < 1.29 is 32.3 Å². The van der Waals surface area contributed by atoms with Crippen LogP contribution in [0.25, 0.3) is 0 Å². The van der Waals surface area contributed by atoms with E-state index in [0.717, 1.165) is 17.7 Å². The third-order valence-electron chi connectivity index (χ3n) is 8.82. The Labute approximate surface area is 267 Å². The van der Waals surface area contributed by atoms with Crippen LogP contribution in [-0.2, 0) is 32.6 Å². The van der Waals surface area contributed by atoms with E-state index in [0.29, 0.717) is 30.0 Å². The van der Waals surface area contributed by atoms with Crippen LogP contribution in [0.2, 0.25) is 0 Å². The van der Waals surface area contributed by atoms with Gasteiger partial charge in [0.05, 0.1) is 29.8 Å². The minimum absolute atomic E-state index is 0.0172. The maximum absolute atomic E-state index is 14.0. The lowest BCUT2D eigenvalue weighted by atomic mass is 9.99. The molecule has 3 aliphatic rings. The molecule has 46 heavy (non-hydrogen) atoms. The molecule has 4 heterocycles. The second kappa shape index (κ2) is 12.7. The van der Waals surface area contributed by atoms with Crippen molar-refractivity contribution in [3.8, 4) is 11.5 Å². The highest BCUT2D eigenvalue weighted by atomic mass is 32.2. The van der Waals surface area contributed by atoms with Crippen molar-refractivity contribution in [1.29, 1.82) is 0 Å². The van der Waals surface area contributed by atoms with Crippen LogP contribution in [0.4, 0.5) is 5.69 Å². The van der Waals surface area contributed by atoms with Gasteiger partial charge in [0.1, 0.15) is 12.3 Å². The Bertz CT molecular complexity index is 1780. The SMILES string of the molecule is COc1cccc2c1OCc1cn(nn1)[C@@H]1CN(S(=O)(=O)c3ccc4c(c3)CCCN4C(C)=O)C[C@@H]1CC(=O)NCCN(C)C2=O. The number of ether oxygens (including phenoxy) is 2. The number of amides is 3. The first kappa shape index (κ1) is 31.5. The highest BCUT2D eigenvalue weighted by molar-refractivity contribution is 7.89. The Kier molecular flexibility index (Phi) is 8.70. The number of para-hydroxylation sites is 1. The molecular weight excluding hydrogens is 614 g/mol. The molecule has 2 bridgehead atoms. The summed E-state index contributed by atoms with van der Waals surface area (Å²) < 4.78 is 42.5. The summed E-state index contributed by atoms with van der Waals surface area (Å²) in [7, 11) is -0.812. The molecule has 1 N–H and O–H groups in total. The predicted molar refractivity (Wildman–Crippen MR) is 166 cm³/mol. The quantitative estimate of drug-likeness (QED) is 0.445. The maximum atomic E-state index is 14.0. The lowest BCUT2D eigenvalue weighted by molar-refractivity contribution is -0.122. The third kappa shape index (κ3) is 6.03. The summed E-state index contributed by atoms with van der Waals surface area (Å²) in [5, 5.41) is 11.4. The van der Waals surface area contributed by atoms with Gasteiger partial charge in [0, 0.05) is 64.7 Å². The van der Waals surface area contributed by atoms with Crippen LogP contribution in [-0.4, -0.2) is 97.2 Å². The predicted octanol–water partition coefficient (Wildman–Crippen LogP) is 1.62. The molecule has 14 nitrogen and oxygen atoms in total. The molecule has 1 saturated heterocycles. The van der Waals surface area contributed by atoms with Crippen molar-refractivity contribution in [2.75, 3.05) is 51.8 Å². The number of anilines is 1. The molecular formula is C31H37N7O7S. The first-order valence-corrected chi connectivity index (χ1v) is 16.6. The minimum atomic E-state index is -3.94. The molecule has 15 heteroatoms. The Morgan fingerprint density at radius 3 is 2.74 bits per heavy atom. The zero-order valence-corrected chi connectivity index (χ0v) is 26.8. The molecule has 6 rings (SSSR count). The first-order chi connectivity index (χ1) is 22.1. The molecule has 0 spiro atoms. The van der Waals surface area contributed by atoms with Crippen molar-refractivity contribution in [2.24, 2.45) is 5.92 Å². The molecule has 3 amide bonds. The topological polar surface area (TPSA) is 156 Å². The summed E-state index contributed by atoms with van der Waals surface area (Å²) in [6, 6.07) is 9.48. The second-order valence-electron chi connectivity index (χ2n) is 11.8. The number of aromatic nitrogens is 3. The van der Waals surface area contributed by atoms with E-state index in [-0.39, 0.29) is 67.6 Å². The number of hydrogen-bond acceptors (Lipinski definition) is 9. The zero-order chi connectivity index (χ0) is 32.6. The summed E-state index contributed by atoms with van der Waals surface area (Å²) in [6.45, 7) is 2.74. The van der Waals surface area contributed by atoms with Crippen LogP contribution in [0.15, 0.2) is 47.5 Å². The number of sulfonamides is 1. The van der Waals surface area contributed by atoms with Gasteiger partial charge in [-0.25, -0.2) is 13.1 Å². The van der Waals surface area contributed by atoms with Gasteiger partial charge in [0.15, 0.2) is 11.5 Å². The number of fused-ring (bicyclic) bond motifs is 6. The lowest BCUT2D eigenvalue weighted by Crippen LogP contribution is -2.37. The van der Waals surface area contributed by atoms with Gasteiger partial charge in [0.2, 0.25) is 21.8 Å². The van der Waals surface area contributed by atoms with E-state index < -0.39 is 22.0 Å². The van der Waals surface area contributed by atoms with Crippen molar-refractivity contribution >= 4 is 33.4 Å². The maximum Gasteiger partial charge on any atom is 0.257 e. The van der Waals surface area contributed by atoms with Crippen molar-refractivity contribution in [1.82, 2.24) is 29.5 Å². The molecule has 3 aliphatic heterocycles. The normalized spacial score (nSPS) is 21.1. The minimum Gasteiger partial charge on any atom is -0.493 e. The highest BCUT2D eigenvalue weighted by Gasteiger charge is 2.42. The molecule has 244 valence electrons. The van der Waals surface area contributed by atoms with Gasteiger partial charge in [-0.1, -0.05) is 11.3 Å². The van der Waals surface area contributed by atoms with Crippen LogP contribution in [0.5, 0.6) is 11.5 Å². The number of methoxy groups -OCH3 is 1. The van der Waals surface area contributed by atoms with Gasteiger partial charge in [-0.2, -0.15) is 4.31 Å². The van der Waals surface area contributed by atoms with Gasteiger partial charge < -0.3 is 24.6 Å². The smallest absolute Gasteiger partial charge is 0.257 e. The van der Waals surface area contributed by atoms with Crippen molar-refractivity contribution in [2.45, 2.75) is 43.7 Å². The molecule has 0 aliphatic carbocycles. The van der Waals surface area contributed by atoms with E-state index in [9.17, 15) is 22.8 Å². The number of hydrogen-bond donors (Lipinski definition) is 1. The summed E-state index contributed by atoms with van der Waals surface area (Å²) >= 11 is 0. The van der Waals surface area contributed by atoms with Crippen LogP contribution in [0.3, 0.4) is 0 Å². The molecule has 1 aromatic heterocycles. The Hall–Kier alpha value is -4.50. The van der Waals surface area contributed by atoms with Crippen LogP contribution < -0.4 is 19.7 Å². The number of benzene rings is 2. The van der Waals surface area contributed by atoms with Crippen LogP contribution in [0.1, 0.15) is 47.4 Å². The number of carbonyl (C=O) groups excluding carboxylic acids is 3.